The van der Waals surface area contributed by atoms with Gasteiger partial charge in [-0.25, -0.2) is 9.78 Å². The first kappa shape index (κ1) is 33.4. The smallest absolute Gasteiger partial charge is 0.409 e. The molecule has 0 unspecified atom stereocenters. The number of amides is 4. The number of aryl methyl sites for hydroxylation is 1. The number of carbonyl (C=O) groups excluding carboxylic acids is 4. The third-order valence-corrected chi connectivity index (χ3v) is 7.85. The van der Waals surface area contributed by atoms with Gasteiger partial charge in [0.2, 0.25) is 5.91 Å². The van der Waals surface area contributed by atoms with Gasteiger partial charge in [-0.15, -0.1) is 0 Å². The fourth-order valence-corrected chi connectivity index (χ4v) is 5.22. The number of hydrogen-bond acceptors (Lipinski definition) is 9. The number of ether oxygens (including phenoxy) is 2. The van der Waals surface area contributed by atoms with Gasteiger partial charge in [0, 0.05) is 57.1 Å². The molecule has 14 heteroatoms. The van der Waals surface area contributed by atoms with E-state index in [0.717, 1.165) is 18.4 Å². The lowest BCUT2D eigenvalue weighted by Gasteiger charge is -2.36. The molecule has 1 aromatic carbocycles. The molecule has 0 spiro atoms. The van der Waals surface area contributed by atoms with Crippen LogP contribution < -0.4 is 10.1 Å². The second-order valence-corrected chi connectivity index (χ2v) is 11.3. The molecule has 2 aromatic rings. The zero-order chi connectivity index (χ0) is 32.5. The normalized spacial score (nSPS) is 17.2. The van der Waals surface area contributed by atoms with E-state index < -0.39 is 36.0 Å². The molecule has 2 atom stereocenters. The average Bonchev–Trinajstić information content (AvgIpc) is 3.47. The number of piperazine rings is 1. The van der Waals surface area contributed by atoms with E-state index in [4.69, 9.17) is 9.47 Å². The molecule has 0 aliphatic carbocycles. The van der Waals surface area contributed by atoms with Crippen LogP contribution >= 0.6 is 0 Å². The van der Waals surface area contributed by atoms with E-state index in [1.165, 1.54) is 20.8 Å². The number of hydrogen-bond donors (Lipinski definition) is 3. The van der Waals surface area contributed by atoms with Gasteiger partial charge in [0.05, 0.1) is 18.2 Å². The minimum absolute atomic E-state index is 0.0695. The Kier molecular flexibility index (Phi) is 11.5. The SMILES string of the molecule is CCCCOC(=O)N1CCN(C(=O)[C@H](CCC(=O)O)NC(=O)c2cc(OCC(=O)N3CC[C@H](O)C3)c3ccc(C)cc3n2)CC1. The molecule has 2 fully saturated rings. The number of fused-ring (bicyclic) bond motifs is 1. The zero-order valence-electron chi connectivity index (χ0n) is 25.7. The number of pyridine rings is 1. The molecule has 4 rings (SSSR count). The van der Waals surface area contributed by atoms with Crippen molar-refractivity contribution in [3.8, 4) is 5.75 Å². The number of benzene rings is 1. The van der Waals surface area contributed by atoms with Crippen LogP contribution in [0.25, 0.3) is 10.9 Å². The Morgan fingerprint density at radius 2 is 1.78 bits per heavy atom. The number of aromatic nitrogens is 1. The summed E-state index contributed by atoms with van der Waals surface area (Å²) in [6.45, 7) is 5.44. The Balaban J connectivity index is 1.47. The zero-order valence-corrected chi connectivity index (χ0v) is 25.7. The van der Waals surface area contributed by atoms with Gasteiger partial charge < -0.3 is 39.7 Å². The summed E-state index contributed by atoms with van der Waals surface area (Å²) in [6.07, 6.45) is 0.638. The van der Waals surface area contributed by atoms with Gasteiger partial charge in [-0.2, -0.15) is 0 Å². The van der Waals surface area contributed by atoms with Crippen molar-refractivity contribution in [2.45, 2.75) is 58.1 Å². The molecule has 0 saturated carbocycles. The number of aliphatic hydroxyl groups is 1. The summed E-state index contributed by atoms with van der Waals surface area (Å²) in [5, 5.41) is 22.3. The molecule has 0 radical (unpaired) electrons. The number of carbonyl (C=O) groups is 5. The number of nitrogens with one attached hydrogen (secondary N) is 1. The first-order chi connectivity index (χ1) is 21.5. The second-order valence-electron chi connectivity index (χ2n) is 11.3. The molecular formula is C31H41N5O9. The van der Waals surface area contributed by atoms with Crippen LogP contribution in [0.5, 0.6) is 5.75 Å². The quantitative estimate of drug-likeness (QED) is 0.293. The largest absolute Gasteiger partial charge is 0.483 e. The third-order valence-electron chi connectivity index (χ3n) is 7.85. The molecule has 14 nitrogen and oxygen atoms in total. The van der Waals surface area contributed by atoms with Crippen LogP contribution in [0.3, 0.4) is 0 Å². The highest BCUT2D eigenvalue weighted by molar-refractivity contribution is 5.99. The Morgan fingerprint density at radius 1 is 1.04 bits per heavy atom. The van der Waals surface area contributed by atoms with E-state index in [0.29, 0.717) is 30.5 Å². The van der Waals surface area contributed by atoms with Gasteiger partial charge in [0.25, 0.3) is 11.8 Å². The van der Waals surface area contributed by atoms with Crippen molar-refractivity contribution in [2.24, 2.45) is 0 Å². The van der Waals surface area contributed by atoms with Crippen LogP contribution in [0.15, 0.2) is 24.3 Å². The fraction of sp³-hybridized carbons (Fsp3) is 0.548. The lowest BCUT2D eigenvalue weighted by atomic mass is 10.1. The van der Waals surface area contributed by atoms with Crippen molar-refractivity contribution in [3.05, 3.63) is 35.5 Å². The van der Waals surface area contributed by atoms with Crippen molar-refractivity contribution in [2.75, 3.05) is 52.5 Å². The Bertz CT molecular complexity index is 1410. The predicted molar refractivity (Wildman–Crippen MR) is 162 cm³/mol. The number of carboxylic acid groups (broad SMARTS) is 1. The monoisotopic (exact) mass is 627 g/mol. The minimum Gasteiger partial charge on any atom is -0.483 e. The Morgan fingerprint density at radius 3 is 2.44 bits per heavy atom. The van der Waals surface area contributed by atoms with Gasteiger partial charge in [-0.05, 0) is 43.9 Å². The molecule has 2 saturated heterocycles. The summed E-state index contributed by atoms with van der Waals surface area (Å²) in [6, 6.07) is 5.62. The average molecular weight is 628 g/mol. The summed E-state index contributed by atoms with van der Waals surface area (Å²) in [4.78, 5) is 72.3. The molecule has 244 valence electrons. The summed E-state index contributed by atoms with van der Waals surface area (Å²) in [5.41, 5.74) is 1.25. The fourth-order valence-electron chi connectivity index (χ4n) is 5.22. The first-order valence-corrected chi connectivity index (χ1v) is 15.3. The minimum atomic E-state index is -1.15. The van der Waals surface area contributed by atoms with Crippen molar-refractivity contribution in [1.29, 1.82) is 0 Å². The molecule has 3 heterocycles. The molecule has 3 N–H and O–H groups in total. The van der Waals surface area contributed by atoms with Crippen LogP contribution in [0.1, 0.15) is 55.1 Å². The number of carboxylic acids is 1. The maximum absolute atomic E-state index is 13.5. The lowest BCUT2D eigenvalue weighted by Crippen LogP contribution is -2.56. The van der Waals surface area contributed by atoms with Gasteiger partial charge >= 0.3 is 12.1 Å². The summed E-state index contributed by atoms with van der Waals surface area (Å²) in [5.74, 6) is -2.35. The van der Waals surface area contributed by atoms with E-state index in [1.54, 1.807) is 12.1 Å². The molecule has 4 amide bonds. The van der Waals surface area contributed by atoms with E-state index >= 15 is 0 Å². The number of β-amino-alcohol motifs (C(OH)–C–C–N with tert-alkyl or cyclic N) is 1. The van der Waals surface area contributed by atoms with Crippen molar-refractivity contribution in [3.63, 3.8) is 0 Å². The predicted octanol–water partition coefficient (Wildman–Crippen LogP) is 1.56. The molecule has 2 aliphatic heterocycles. The number of aliphatic hydroxyl groups excluding tert-OH is 1. The van der Waals surface area contributed by atoms with Gasteiger partial charge in [0.15, 0.2) is 6.61 Å². The van der Waals surface area contributed by atoms with Crippen LogP contribution in [0.4, 0.5) is 4.79 Å². The highest BCUT2D eigenvalue weighted by Gasteiger charge is 2.31. The topological polar surface area (TPSA) is 179 Å². The number of nitrogens with zero attached hydrogens (tertiary/aromatic N) is 4. The Labute approximate surface area is 261 Å². The van der Waals surface area contributed by atoms with Crippen LogP contribution in [0, 0.1) is 6.92 Å². The van der Waals surface area contributed by atoms with Crippen LogP contribution in [-0.2, 0) is 19.1 Å². The van der Waals surface area contributed by atoms with Gasteiger partial charge in [0.1, 0.15) is 17.5 Å². The van der Waals surface area contributed by atoms with Crippen molar-refractivity contribution in [1.82, 2.24) is 25.0 Å². The summed E-state index contributed by atoms with van der Waals surface area (Å²) >= 11 is 0. The molecule has 45 heavy (non-hydrogen) atoms. The van der Waals surface area contributed by atoms with Crippen molar-refractivity contribution < 1.29 is 43.7 Å². The first-order valence-electron chi connectivity index (χ1n) is 15.3. The van der Waals surface area contributed by atoms with E-state index in [2.05, 4.69) is 10.3 Å². The number of aliphatic carboxylic acids is 1. The lowest BCUT2D eigenvalue weighted by molar-refractivity contribution is -0.138. The highest BCUT2D eigenvalue weighted by atomic mass is 16.6. The number of unbranched alkanes of at least 4 members (excludes halogenated alkanes) is 1. The number of rotatable bonds is 12. The summed E-state index contributed by atoms with van der Waals surface area (Å²) in [7, 11) is 0. The van der Waals surface area contributed by atoms with E-state index in [1.807, 2.05) is 19.9 Å². The summed E-state index contributed by atoms with van der Waals surface area (Å²) < 4.78 is 11.1. The molecule has 2 aliphatic rings. The van der Waals surface area contributed by atoms with Crippen LogP contribution in [-0.4, -0.2) is 124 Å². The third kappa shape index (κ3) is 9.03. The van der Waals surface area contributed by atoms with E-state index in [9.17, 15) is 34.2 Å². The standard InChI is InChI=1S/C31H41N5O9/c1-3-4-15-44-31(43)35-13-11-34(12-14-35)30(42)23(7-8-28(39)40)33-29(41)25-17-26(22-6-5-20(2)16-24(22)32-25)45-19-27(38)36-10-9-21(37)18-36/h5-6,16-17,21,23,37H,3-4,7-15,18-19H2,1-2H3,(H,33,41)(H,39,40)/t21-,23-/m0/s1. The van der Waals surface area contributed by atoms with Gasteiger partial charge in [-0.3, -0.25) is 19.2 Å². The maximum atomic E-state index is 13.5. The van der Waals surface area contributed by atoms with Crippen LogP contribution in [0.2, 0.25) is 0 Å². The van der Waals surface area contributed by atoms with Gasteiger partial charge in [-0.1, -0.05) is 19.4 Å². The molecule has 0 bridgehead atoms. The Hall–Kier alpha value is -4.46. The van der Waals surface area contributed by atoms with E-state index in [-0.39, 0.29) is 69.5 Å². The second kappa shape index (κ2) is 15.5. The highest BCUT2D eigenvalue weighted by Crippen LogP contribution is 2.27. The maximum Gasteiger partial charge on any atom is 0.409 e. The molecule has 1 aromatic heterocycles. The number of likely N-dealkylation sites (tertiary alicyclic amines) is 1. The molecular weight excluding hydrogens is 586 g/mol. The van der Waals surface area contributed by atoms with Crippen molar-refractivity contribution >= 4 is 40.7 Å².